The predicted molar refractivity (Wildman–Crippen MR) is 102 cm³/mol. The Kier molecular flexibility index (Phi) is 4.15. The number of hydrogen-bond acceptors (Lipinski definition) is 4. The normalized spacial score (nSPS) is 21.0. The van der Waals surface area contributed by atoms with Crippen LogP contribution in [-0.4, -0.2) is 41.2 Å². The summed E-state index contributed by atoms with van der Waals surface area (Å²) < 4.78 is 39.3. The summed E-state index contributed by atoms with van der Waals surface area (Å²) in [7, 11) is 0. The van der Waals surface area contributed by atoms with Crippen LogP contribution in [0.15, 0.2) is 30.5 Å². The second-order valence-electron chi connectivity index (χ2n) is 7.82. The molecule has 1 aromatic carbocycles. The maximum absolute atomic E-state index is 13.1. The van der Waals surface area contributed by atoms with Crippen LogP contribution in [0.25, 0.3) is 11.4 Å². The van der Waals surface area contributed by atoms with E-state index in [2.05, 4.69) is 20.2 Å². The molecule has 2 bridgehead atoms. The van der Waals surface area contributed by atoms with Crippen LogP contribution in [0.3, 0.4) is 0 Å². The molecular formula is C20H20F3N5O. The smallest absolute Gasteiger partial charge is 0.365 e. The predicted octanol–water partition coefficient (Wildman–Crippen LogP) is 3.82. The lowest BCUT2D eigenvalue weighted by Crippen LogP contribution is -2.57. The number of rotatable bonds is 2. The summed E-state index contributed by atoms with van der Waals surface area (Å²) in [5.41, 5.74) is 0.277. The first-order valence-corrected chi connectivity index (χ1v) is 9.79. The molecule has 1 N–H and O–H groups in total. The summed E-state index contributed by atoms with van der Waals surface area (Å²) in [5.74, 6) is 0.654. The van der Waals surface area contributed by atoms with Gasteiger partial charge in [-0.15, -0.1) is 0 Å². The van der Waals surface area contributed by atoms with Crippen molar-refractivity contribution in [1.82, 2.24) is 15.3 Å². The first-order chi connectivity index (χ1) is 13.9. The SMILES string of the molecule is O=C(NC1CC1)N1c2nc(-c3cccc(C(F)(F)F)c3)ncc2N2CCC[C@H]1C2. The Morgan fingerprint density at radius 2 is 2.03 bits per heavy atom. The minimum atomic E-state index is -4.44. The van der Waals surface area contributed by atoms with Gasteiger partial charge in [-0.2, -0.15) is 13.2 Å². The van der Waals surface area contributed by atoms with Crippen LogP contribution in [0.1, 0.15) is 31.2 Å². The molecule has 1 saturated carbocycles. The van der Waals surface area contributed by atoms with Crippen LogP contribution in [0.2, 0.25) is 0 Å². The van der Waals surface area contributed by atoms with Crippen LogP contribution in [-0.2, 0) is 6.18 Å². The van der Waals surface area contributed by atoms with Crippen LogP contribution >= 0.6 is 0 Å². The van der Waals surface area contributed by atoms with E-state index < -0.39 is 11.7 Å². The molecule has 3 heterocycles. The van der Waals surface area contributed by atoms with Gasteiger partial charge < -0.3 is 10.2 Å². The Morgan fingerprint density at radius 3 is 2.79 bits per heavy atom. The lowest BCUT2D eigenvalue weighted by Gasteiger charge is -2.45. The Balaban J connectivity index is 1.56. The number of piperidine rings is 1. The van der Waals surface area contributed by atoms with Crippen LogP contribution < -0.4 is 15.1 Å². The van der Waals surface area contributed by atoms with Crippen molar-refractivity contribution in [1.29, 1.82) is 0 Å². The van der Waals surface area contributed by atoms with Gasteiger partial charge in [0.2, 0.25) is 0 Å². The van der Waals surface area contributed by atoms with Gasteiger partial charge in [-0.1, -0.05) is 12.1 Å². The molecule has 6 nitrogen and oxygen atoms in total. The van der Waals surface area contributed by atoms with Gasteiger partial charge in [0, 0.05) is 24.7 Å². The third kappa shape index (κ3) is 3.38. The average Bonchev–Trinajstić information content (AvgIpc) is 3.51. The van der Waals surface area contributed by atoms with E-state index in [9.17, 15) is 18.0 Å². The quantitative estimate of drug-likeness (QED) is 0.828. The zero-order valence-electron chi connectivity index (χ0n) is 15.6. The molecule has 2 aliphatic heterocycles. The molecular weight excluding hydrogens is 383 g/mol. The molecule has 2 fully saturated rings. The number of alkyl halides is 3. The number of nitrogens with one attached hydrogen (secondary N) is 1. The van der Waals surface area contributed by atoms with E-state index >= 15 is 0 Å². The van der Waals surface area contributed by atoms with Crippen LogP contribution in [0.4, 0.5) is 29.5 Å². The monoisotopic (exact) mass is 403 g/mol. The molecule has 1 atom stereocenters. The number of halogens is 3. The highest BCUT2D eigenvalue weighted by atomic mass is 19.4. The van der Waals surface area contributed by atoms with E-state index in [1.165, 1.54) is 6.07 Å². The summed E-state index contributed by atoms with van der Waals surface area (Å²) in [6, 6.07) is 4.98. The number of benzene rings is 1. The van der Waals surface area contributed by atoms with Gasteiger partial charge >= 0.3 is 12.2 Å². The molecule has 1 aliphatic carbocycles. The summed E-state index contributed by atoms with van der Waals surface area (Å²) in [4.78, 5) is 25.7. The summed E-state index contributed by atoms with van der Waals surface area (Å²) >= 11 is 0. The first-order valence-electron chi connectivity index (χ1n) is 9.79. The minimum absolute atomic E-state index is 0.000686. The number of anilines is 2. The Morgan fingerprint density at radius 1 is 1.21 bits per heavy atom. The topological polar surface area (TPSA) is 61.4 Å². The first kappa shape index (κ1) is 18.2. The third-order valence-corrected chi connectivity index (χ3v) is 5.65. The molecule has 0 unspecified atom stereocenters. The van der Waals surface area contributed by atoms with Gasteiger partial charge in [-0.05, 0) is 37.8 Å². The molecule has 0 spiro atoms. The minimum Gasteiger partial charge on any atom is -0.365 e. The standard InChI is InChI=1S/C20H20F3N5O/c21-20(22,23)13-4-1-3-12(9-13)17-24-10-16-18(26-17)28(19(29)25-14-6-7-14)15-5-2-8-27(16)11-15/h1,3-4,9-10,14-15H,2,5-8,11H2,(H,25,29)/t15-/m0/s1. The van der Waals surface area contributed by atoms with E-state index in [0.29, 0.717) is 5.82 Å². The second kappa shape index (κ2) is 6.60. The Hall–Kier alpha value is -2.84. The van der Waals surface area contributed by atoms with Crippen molar-refractivity contribution in [3.8, 4) is 11.4 Å². The molecule has 0 radical (unpaired) electrons. The maximum atomic E-state index is 13.1. The fourth-order valence-corrected chi connectivity index (χ4v) is 4.03. The molecule has 3 aliphatic rings. The van der Waals surface area contributed by atoms with Gasteiger partial charge in [0.1, 0.15) is 0 Å². The van der Waals surface area contributed by atoms with Crippen LogP contribution in [0, 0.1) is 0 Å². The number of carbonyl (C=O) groups is 1. The molecule has 5 rings (SSSR count). The summed E-state index contributed by atoms with van der Waals surface area (Å²) in [5, 5.41) is 3.02. The summed E-state index contributed by atoms with van der Waals surface area (Å²) in [6.07, 6.45) is 0.967. The number of amides is 2. The van der Waals surface area contributed by atoms with E-state index in [1.54, 1.807) is 17.2 Å². The number of nitrogens with zero attached hydrogens (tertiary/aromatic N) is 4. The highest BCUT2D eigenvalue weighted by molar-refractivity contribution is 5.96. The maximum Gasteiger partial charge on any atom is 0.416 e. The fourth-order valence-electron chi connectivity index (χ4n) is 4.03. The molecule has 9 heteroatoms. The molecule has 1 aromatic heterocycles. The largest absolute Gasteiger partial charge is 0.416 e. The van der Waals surface area contributed by atoms with Gasteiger partial charge in [-0.3, -0.25) is 4.90 Å². The van der Waals surface area contributed by atoms with Gasteiger partial charge in [-0.25, -0.2) is 14.8 Å². The Bertz CT molecular complexity index is 959. The van der Waals surface area contributed by atoms with E-state index in [1.807, 2.05) is 0 Å². The van der Waals surface area contributed by atoms with Crippen molar-refractivity contribution in [2.45, 2.75) is 43.9 Å². The lowest BCUT2D eigenvalue weighted by atomic mass is 10.0. The van der Waals surface area contributed by atoms with Gasteiger partial charge in [0.05, 0.1) is 23.5 Å². The number of hydrogen-bond donors (Lipinski definition) is 1. The van der Waals surface area contributed by atoms with Crippen LogP contribution in [0.5, 0.6) is 0 Å². The Labute approximate surface area is 165 Å². The number of urea groups is 1. The van der Waals surface area contributed by atoms with E-state index in [4.69, 9.17) is 0 Å². The van der Waals surface area contributed by atoms with Crippen molar-refractivity contribution in [3.63, 3.8) is 0 Å². The molecule has 2 amide bonds. The molecule has 152 valence electrons. The molecule has 29 heavy (non-hydrogen) atoms. The number of aromatic nitrogens is 2. The lowest BCUT2D eigenvalue weighted by molar-refractivity contribution is -0.137. The van der Waals surface area contributed by atoms with E-state index in [-0.39, 0.29) is 29.5 Å². The molecule has 1 saturated heterocycles. The highest BCUT2D eigenvalue weighted by Crippen LogP contribution is 2.39. The van der Waals surface area contributed by atoms with Gasteiger partial charge in [0.25, 0.3) is 0 Å². The van der Waals surface area contributed by atoms with Crippen molar-refractivity contribution >= 4 is 17.5 Å². The zero-order chi connectivity index (χ0) is 20.2. The van der Waals surface area contributed by atoms with Gasteiger partial charge in [0.15, 0.2) is 11.6 Å². The van der Waals surface area contributed by atoms with Crippen molar-refractivity contribution in [2.75, 3.05) is 22.9 Å². The summed E-state index contributed by atoms with van der Waals surface area (Å²) in [6.45, 7) is 1.57. The fraction of sp³-hybridized carbons (Fsp3) is 0.450. The van der Waals surface area contributed by atoms with Crippen molar-refractivity contribution in [3.05, 3.63) is 36.0 Å². The second-order valence-corrected chi connectivity index (χ2v) is 7.82. The third-order valence-electron chi connectivity index (χ3n) is 5.65. The number of fused-ring (bicyclic) bond motifs is 4. The van der Waals surface area contributed by atoms with Crippen molar-refractivity contribution in [2.24, 2.45) is 0 Å². The number of carbonyl (C=O) groups excluding carboxylic acids is 1. The van der Waals surface area contributed by atoms with E-state index in [0.717, 1.165) is 56.6 Å². The van der Waals surface area contributed by atoms with Crippen molar-refractivity contribution < 1.29 is 18.0 Å². The molecule has 2 aromatic rings. The average molecular weight is 403 g/mol. The zero-order valence-corrected chi connectivity index (χ0v) is 15.6. The highest BCUT2D eigenvalue weighted by Gasteiger charge is 2.40.